The molecule has 0 aromatic heterocycles. The van der Waals surface area contributed by atoms with E-state index in [-0.39, 0.29) is 18.9 Å². The maximum absolute atomic E-state index is 13.6. The van der Waals surface area contributed by atoms with Crippen molar-refractivity contribution in [2.24, 2.45) is 10.9 Å². The third-order valence-corrected chi connectivity index (χ3v) is 2.53. The maximum atomic E-state index is 13.6. The van der Waals surface area contributed by atoms with Crippen LogP contribution in [0.5, 0.6) is 0 Å². The van der Waals surface area contributed by atoms with E-state index in [0.717, 1.165) is 11.0 Å². The molecule has 0 aliphatic heterocycles. The molecule has 0 aliphatic carbocycles. The summed E-state index contributed by atoms with van der Waals surface area (Å²) in [4.78, 5) is 13.1. The molecule has 0 spiro atoms. The van der Waals surface area contributed by atoms with Gasteiger partial charge >= 0.3 is 0 Å². The summed E-state index contributed by atoms with van der Waals surface area (Å²) in [6.07, 6.45) is 0.524. The van der Waals surface area contributed by atoms with E-state index in [2.05, 4.69) is 5.16 Å². The number of nitrogens with two attached hydrogens (primary N) is 1. The Bertz CT molecular complexity index is 535. The zero-order chi connectivity index (χ0) is 15.3. The van der Waals surface area contributed by atoms with Crippen molar-refractivity contribution in [3.05, 3.63) is 35.1 Å². The fourth-order valence-corrected chi connectivity index (χ4v) is 1.61. The first kappa shape index (κ1) is 15.8. The molecule has 8 heteroatoms. The van der Waals surface area contributed by atoms with Crippen molar-refractivity contribution >= 4 is 11.7 Å². The Balaban J connectivity index is 3.09. The van der Waals surface area contributed by atoms with Gasteiger partial charge in [0.2, 0.25) is 0 Å². The summed E-state index contributed by atoms with van der Waals surface area (Å²) in [5.41, 5.74) is 4.68. The third-order valence-electron chi connectivity index (χ3n) is 2.53. The highest BCUT2D eigenvalue weighted by Crippen LogP contribution is 2.17. The molecule has 0 bridgehead atoms. The molecule has 20 heavy (non-hydrogen) atoms. The average Bonchev–Trinajstić information content (AvgIpc) is 2.43. The van der Waals surface area contributed by atoms with Crippen LogP contribution in [-0.4, -0.2) is 34.9 Å². The molecule has 3 N–H and O–H groups in total. The summed E-state index contributed by atoms with van der Waals surface area (Å²) in [6.45, 7) is 1.70. The van der Waals surface area contributed by atoms with E-state index in [1.807, 2.05) is 0 Å². The highest BCUT2D eigenvalue weighted by atomic mass is 19.2. The van der Waals surface area contributed by atoms with Crippen LogP contribution in [-0.2, 0) is 0 Å². The minimum Gasteiger partial charge on any atom is -0.409 e. The van der Waals surface area contributed by atoms with E-state index in [4.69, 9.17) is 10.9 Å². The Kier molecular flexibility index (Phi) is 5.36. The minimum absolute atomic E-state index is 0.188. The standard InChI is InChI=1S/C12H14F3N3O2/c1-2-5-18(6-9(16)17-20)12(19)7-3-4-8(13)11(15)10(7)14/h3-4,20H,2,5-6H2,1H3,(H2,16,17). The minimum atomic E-state index is -1.71. The molecule has 1 amide bonds. The highest BCUT2D eigenvalue weighted by Gasteiger charge is 2.23. The van der Waals surface area contributed by atoms with Crippen LogP contribution in [0.4, 0.5) is 13.2 Å². The van der Waals surface area contributed by atoms with E-state index < -0.39 is 28.9 Å². The second kappa shape index (κ2) is 6.78. The van der Waals surface area contributed by atoms with Gasteiger partial charge in [-0.1, -0.05) is 12.1 Å². The van der Waals surface area contributed by atoms with Gasteiger partial charge in [-0.25, -0.2) is 13.2 Å². The quantitative estimate of drug-likeness (QED) is 0.285. The fourth-order valence-electron chi connectivity index (χ4n) is 1.61. The Morgan fingerprint density at radius 1 is 1.35 bits per heavy atom. The molecule has 1 aromatic rings. The number of hydrogen-bond donors (Lipinski definition) is 2. The molecule has 0 unspecified atom stereocenters. The first-order chi connectivity index (χ1) is 9.42. The van der Waals surface area contributed by atoms with Crippen LogP contribution in [0.2, 0.25) is 0 Å². The number of nitrogens with zero attached hydrogens (tertiary/aromatic N) is 2. The molecule has 1 rings (SSSR count). The average molecular weight is 289 g/mol. The Labute approximate surface area is 113 Å². The van der Waals surface area contributed by atoms with Crippen molar-refractivity contribution < 1.29 is 23.2 Å². The van der Waals surface area contributed by atoms with Crippen molar-refractivity contribution in [1.82, 2.24) is 4.90 Å². The molecule has 1 aromatic carbocycles. The topological polar surface area (TPSA) is 78.9 Å². The fraction of sp³-hybridized carbons (Fsp3) is 0.333. The summed E-state index contributed by atoms with van der Waals surface area (Å²) >= 11 is 0. The lowest BCUT2D eigenvalue weighted by atomic mass is 10.1. The van der Waals surface area contributed by atoms with E-state index in [1.54, 1.807) is 6.92 Å². The van der Waals surface area contributed by atoms with Crippen LogP contribution in [0.1, 0.15) is 23.7 Å². The molecule has 110 valence electrons. The van der Waals surface area contributed by atoms with Gasteiger partial charge in [-0.15, -0.1) is 0 Å². The molecule has 0 saturated heterocycles. The molecule has 0 saturated carbocycles. The van der Waals surface area contributed by atoms with Gasteiger partial charge in [0.1, 0.15) is 0 Å². The summed E-state index contributed by atoms with van der Waals surface area (Å²) < 4.78 is 39.5. The predicted octanol–water partition coefficient (Wildman–Crippen LogP) is 1.70. The van der Waals surface area contributed by atoms with Gasteiger partial charge in [-0.2, -0.15) is 0 Å². The van der Waals surface area contributed by atoms with Crippen molar-refractivity contribution in [2.45, 2.75) is 13.3 Å². The van der Waals surface area contributed by atoms with Crippen molar-refractivity contribution in [3.8, 4) is 0 Å². The smallest absolute Gasteiger partial charge is 0.257 e. The van der Waals surface area contributed by atoms with Gasteiger partial charge in [-0.3, -0.25) is 4.79 Å². The van der Waals surface area contributed by atoms with E-state index in [9.17, 15) is 18.0 Å². The second-order valence-electron chi connectivity index (χ2n) is 4.04. The monoisotopic (exact) mass is 289 g/mol. The summed E-state index contributed by atoms with van der Waals surface area (Å²) in [5.74, 6) is -5.77. The Morgan fingerprint density at radius 2 is 2.00 bits per heavy atom. The summed E-state index contributed by atoms with van der Waals surface area (Å²) in [6, 6.07) is 1.52. The van der Waals surface area contributed by atoms with E-state index >= 15 is 0 Å². The van der Waals surface area contributed by atoms with Gasteiger partial charge in [0.15, 0.2) is 23.3 Å². The van der Waals surface area contributed by atoms with Crippen LogP contribution in [0.25, 0.3) is 0 Å². The lowest BCUT2D eigenvalue weighted by Gasteiger charge is -2.21. The Morgan fingerprint density at radius 3 is 2.55 bits per heavy atom. The zero-order valence-electron chi connectivity index (χ0n) is 10.7. The summed E-state index contributed by atoms with van der Waals surface area (Å²) in [7, 11) is 0. The maximum Gasteiger partial charge on any atom is 0.257 e. The number of carbonyl (C=O) groups excluding carboxylic acids is 1. The van der Waals surface area contributed by atoms with E-state index in [0.29, 0.717) is 12.5 Å². The highest BCUT2D eigenvalue weighted by molar-refractivity contribution is 5.97. The SMILES string of the molecule is CCCN(CC(N)=NO)C(=O)c1ccc(F)c(F)c1F. The largest absolute Gasteiger partial charge is 0.409 e. The molecule has 0 aliphatic rings. The van der Waals surface area contributed by atoms with Crippen LogP contribution in [0, 0.1) is 17.5 Å². The van der Waals surface area contributed by atoms with Crippen LogP contribution in [0.15, 0.2) is 17.3 Å². The van der Waals surface area contributed by atoms with Gasteiger partial charge < -0.3 is 15.8 Å². The molecule has 5 nitrogen and oxygen atoms in total. The van der Waals surface area contributed by atoms with Crippen molar-refractivity contribution in [2.75, 3.05) is 13.1 Å². The number of oxime groups is 1. The van der Waals surface area contributed by atoms with Gasteiger partial charge in [-0.05, 0) is 18.6 Å². The lowest BCUT2D eigenvalue weighted by Crippen LogP contribution is -2.39. The number of amidine groups is 1. The van der Waals surface area contributed by atoms with Crippen molar-refractivity contribution in [1.29, 1.82) is 0 Å². The molecular weight excluding hydrogens is 275 g/mol. The van der Waals surface area contributed by atoms with Gasteiger partial charge in [0.25, 0.3) is 5.91 Å². The number of amides is 1. The number of carbonyl (C=O) groups is 1. The third kappa shape index (κ3) is 3.40. The van der Waals surface area contributed by atoms with Crippen LogP contribution < -0.4 is 5.73 Å². The Hall–Kier alpha value is -2.25. The lowest BCUT2D eigenvalue weighted by molar-refractivity contribution is 0.0772. The second-order valence-corrected chi connectivity index (χ2v) is 4.04. The number of rotatable bonds is 5. The molecule has 0 atom stereocenters. The van der Waals surface area contributed by atoms with Gasteiger partial charge in [0.05, 0.1) is 12.1 Å². The van der Waals surface area contributed by atoms with Crippen LogP contribution in [0.3, 0.4) is 0 Å². The van der Waals surface area contributed by atoms with Crippen LogP contribution >= 0.6 is 0 Å². The molecule has 0 fully saturated rings. The first-order valence-electron chi connectivity index (χ1n) is 5.81. The van der Waals surface area contributed by atoms with Gasteiger partial charge in [0, 0.05) is 6.54 Å². The molecular formula is C12H14F3N3O2. The summed E-state index contributed by atoms with van der Waals surface area (Å²) in [5, 5.41) is 11.2. The molecule has 0 radical (unpaired) electrons. The number of benzene rings is 1. The predicted molar refractivity (Wildman–Crippen MR) is 65.9 cm³/mol. The molecule has 0 heterocycles. The first-order valence-corrected chi connectivity index (χ1v) is 5.81. The van der Waals surface area contributed by atoms with E-state index in [1.165, 1.54) is 0 Å². The van der Waals surface area contributed by atoms with Crippen molar-refractivity contribution in [3.63, 3.8) is 0 Å². The number of hydrogen-bond acceptors (Lipinski definition) is 3. The normalized spacial score (nSPS) is 11.5. The zero-order valence-corrected chi connectivity index (χ0v) is 10.7. The number of halogens is 3.